The number of allylic oxidation sites excluding steroid dienone is 1. The zero-order valence-electron chi connectivity index (χ0n) is 8.32. The van der Waals surface area contributed by atoms with Crippen molar-refractivity contribution in [2.24, 2.45) is 0 Å². The molecule has 0 aromatic heterocycles. The van der Waals surface area contributed by atoms with E-state index in [9.17, 15) is 13.2 Å². The van der Waals surface area contributed by atoms with Gasteiger partial charge in [0.15, 0.2) is 0 Å². The van der Waals surface area contributed by atoms with Gasteiger partial charge in [0.1, 0.15) is 29.3 Å². The zero-order valence-corrected chi connectivity index (χ0v) is 8.32. The average Bonchev–Trinajstić information content (AvgIpc) is 2.24. The molecule has 0 fully saturated rings. The Bertz CT molecular complexity index is 510. The fraction of sp³-hybridized carbons (Fsp3) is 0.0909. The molecule has 86 valence electrons. The van der Waals surface area contributed by atoms with Gasteiger partial charge in [-0.3, -0.25) is 0 Å². The van der Waals surface area contributed by atoms with Crippen molar-refractivity contribution in [1.29, 1.82) is 10.5 Å². The molecule has 0 atom stereocenters. The van der Waals surface area contributed by atoms with E-state index in [-0.39, 0.29) is 16.9 Å². The Balaban J connectivity index is 3.11. The Morgan fingerprint density at radius 3 is 2.41 bits per heavy atom. The lowest BCUT2D eigenvalue weighted by Crippen LogP contribution is -2.02. The first-order valence-electron chi connectivity index (χ1n) is 4.32. The third-order valence-corrected chi connectivity index (χ3v) is 1.67. The highest BCUT2D eigenvalue weighted by atomic mass is 19.3. The van der Waals surface area contributed by atoms with Crippen molar-refractivity contribution in [1.82, 2.24) is 0 Å². The van der Waals surface area contributed by atoms with Crippen molar-refractivity contribution in [3.63, 3.8) is 0 Å². The zero-order chi connectivity index (χ0) is 12.8. The summed E-state index contributed by atoms with van der Waals surface area (Å²) in [6.07, 6.45) is 1.07. The number of nitriles is 2. The fourth-order valence-electron chi connectivity index (χ4n) is 1.09. The van der Waals surface area contributed by atoms with Crippen LogP contribution in [0.4, 0.5) is 13.2 Å². The molecule has 0 saturated carbocycles. The minimum Gasteiger partial charge on any atom is -0.435 e. The van der Waals surface area contributed by atoms with E-state index in [0.29, 0.717) is 0 Å². The monoisotopic (exact) mass is 238 g/mol. The summed E-state index contributed by atoms with van der Waals surface area (Å²) in [5.74, 6) is -1.17. The SMILES string of the molecule is N#CC(C#N)=Cc1cc(F)cc(OC(F)F)c1. The van der Waals surface area contributed by atoms with Crippen molar-refractivity contribution in [3.8, 4) is 17.9 Å². The van der Waals surface area contributed by atoms with Crippen molar-refractivity contribution in [3.05, 3.63) is 35.2 Å². The number of hydrogen-bond donors (Lipinski definition) is 0. The Morgan fingerprint density at radius 2 is 1.88 bits per heavy atom. The number of nitrogens with zero attached hydrogens (tertiary/aromatic N) is 2. The molecule has 3 nitrogen and oxygen atoms in total. The lowest BCUT2D eigenvalue weighted by Gasteiger charge is -2.05. The van der Waals surface area contributed by atoms with Gasteiger partial charge in [-0.05, 0) is 23.8 Å². The molecule has 0 spiro atoms. The van der Waals surface area contributed by atoms with E-state index in [1.165, 1.54) is 0 Å². The third kappa shape index (κ3) is 3.88. The lowest BCUT2D eigenvalue weighted by molar-refractivity contribution is -0.0500. The van der Waals surface area contributed by atoms with Gasteiger partial charge in [-0.15, -0.1) is 0 Å². The predicted molar refractivity (Wildman–Crippen MR) is 52.2 cm³/mol. The molecule has 0 N–H and O–H groups in total. The maximum Gasteiger partial charge on any atom is 0.387 e. The van der Waals surface area contributed by atoms with E-state index in [0.717, 1.165) is 24.3 Å². The number of hydrogen-bond acceptors (Lipinski definition) is 3. The van der Waals surface area contributed by atoms with Crippen molar-refractivity contribution < 1.29 is 17.9 Å². The minimum absolute atomic E-state index is 0.0961. The predicted octanol–water partition coefficient (Wildman–Crippen LogP) is 2.86. The second-order valence-electron chi connectivity index (χ2n) is 2.88. The summed E-state index contributed by atoms with van der Waals surface area (Å²) >= 11 is 0. The molecule has 0 radical (unpaired) electrons. The Labute approximate surface area is 95.0 Å². The van der Waals surface area contributed by atoms with Crippen LogP contribution in [0.15, 0.2) is 23.8 Å². The molecule has 0 bridgehead atoms. The van der Waals surface area contributed by atoms with Crippen LogP contribution in [0.3, 0.4) is 0 Å². The maximum atomic E-state index is 13.0. The van der Waals surface area contributed by atoms with Crippen LogP contribution in [-0.4, -0.2) is 6.61 Å². The fourth-order valence-corrected chi connectivity index (χ4v) is 1.09. The van der Waals surface area contributed by atoms with Crippen LogP contribution in [0.25, 0.3) is 6.08 Å². The van der Waals surface area contributed by atoms with Gasteiger partial charge in [0.05, 0.1) is 0 Å². The smallest absolute Gasteiger partial charge is 0.387 e. The molecule has 1 rings (SSSR count). The molecule has 1 aromatic rings. The van der Waals surface area contributed by atoms with Gasteiger partial charge in [-0.1, -0.05) is 0 Å². The Morgan fingerprint density at radius 1 is 1.24 bits per heavy atom. The minimum atomic E-state index is -3.07. The summed E-state index contributed by atoms with van der Waals surface area (Å²) < 4.78 is 40.9. The first-order valence-corrected chi connectivity index (χ1v) is 4.32. The first kappa shape index (κ1) is 12.6. The van der Waals surface area contributed by atoms with Crippen LogP contribution in [-0.2, 0) is 0 Å². The number of ether oxygens (including phenoxy) is 1. The molecule has 0 aliphatic heterocycles. The standard InChI is InChI=1S/C11H5F3N2O/c12-9-2-7(1-8(5-15)6-16)3-10(4-9)17-11(13)14/h1-4,11H. The van der Waals surface area contributed by atoms with Crippen molar-refractivity contribution in [2.45, 2.75) is 6.61 Å². The summed E-state index contributed by atoms with van der Waals surface area (Å²) in [5.41, 5.74) is -0.169. The van der Waals surface area contributed by atoms with Crippen molar-refractivity contribution >= 4 is 6.08 Å². The van der Waals surface area contributed by atoms with E-state index in [1.807, 2.05) is 0 Å². The third-order valence-electron chi connectivity index (χ3n) is 1.67. The van der Waals surface area contributed by atoms with E-state index < -0.39 is 12.4 Å². The second kappa shape index (κ2) is 5.57. The van der Waals surface area contributed by atoms with Crippen LogP contribution in [0.2, 0.25) is 0 Å². The number of benzene rings is 1. The quantitative estimate of drug-likeness (QED) is 0.761. The number of alkyl halides is 2. The number of rotatable bonds is 3. The molecule has 17 heavy (non-hydrogen) atoms. The van der Waals surface area contributed by atoms with E-state index >= 15 is 0 Å². The maximum absolute atomic E-state index is 13.0. The largest absolute Gasteiger partial charge is 0.435 e. The van der Waals surface area contributed by atoms with Crippen molar-refractivity contribution in [2.75, 3.05) is 0 Å². The van der Waals surface area contributed by atoms with Crippen LogP contribution < -0.4 is 4.74 Å². The van der Waals surface area contributed by atoms with Crippen LogP contribution in [0.5, 0.6) is 5.75 Å². The summed E-state index contributed by atoms with van der Waals surface area (Å²) in [7, 11) is 0. The highest BCUT2D eigenvalue weighted by Crippen LogP contribution is 2.20. The number of halogens is 3. The molecule has 0 amide bonds. The summed E-state index contributed by atoms with van der Waals surface area (Å²) in [4.78, 5) is 0. The normalized spacial score (nSPS) is 9.29. The van der Waals surface area contributed by atoms with Gasteiger partial charge < -0.3 is 4.74 Å². The molecule has 0 heterocycles. The second-order valence-corrected chi connectivity index (χ2v) is 2.88. The van der Waals surface area contributed by atoms with Crippen LogP contribution in [0, 0.1) is 28.5 Å². The molecule has 0 saturated heterocycles. The van der Waals surface area contributed by atoms with Gasteiger partial charge in [0.25, 0.3) is 0 Å². The highest BCUT2D eigenvalue weighted by molar-refractivity contribution is 5.63. The molecular formula is C11H5F3N2O. The molecule has 0 aliphatic rings. The average molecular weight is 238 g/mol. The topological polar surface area (TPSA) is 56.8 Å². The van der Waals surface area contributed by atoms with Gasteiger partial charge in [0.2, 0.25) is 0 Å². The summed E-state index contributed by atoms with van der Waals surface area (Å²) in [6, 6.07) is 6.01. The molecule has 0 unspecified atom stereocenters. The highest BCUT2D eigenvalue weighted by Gasteiger charge is 2.07. The van der Waals surface area contributed by atoms with E-state index in [2.05, 4.69) is 4.74 Å². The van der Waals surface area contributed by atoms with E-state index in [1.54, 1.807) is 12.1 Å². The van der Waals surface area contributed by atoms with Gasteiger partial charge in [0, 0.05) is 6.07 Å². The first-order chi connectivity index (χ1) is 8.05. The van der Waals surface area contributed by atoms with Gasteiger partial charge in [-0.2, -0.15) is 19.3 Å². The van der Waals surface area contributed by atoms with E-state index in [4.69, 9.17) is 10.5 Å². The lowest BCUT2D eigenvalue weighted by atomic mass is 10.1. The Kier molecular flexibility index (Phi) is 4.13. The van der Waals surface area contributed by atoms with Gasteiger partial charge in [-0.25, -0.2) is 4.39 Å². The Hall–Kier alpha value is -2.47. The molecule has 1 aromatic carbocycles. The van der Waals surface area contributed by atoms with Gasteiger partial charge >= 0.3 is 6.61 Å². The molecule has 0 aliphatic carbocycles. The molecule has 6 heteroatoms. The summed E-state index contributed by atoms with van der Waals surface area (Å²) in [5, 5.41) is 17.0. The van der Waals surface area contributed by atoms with Crippen LogP contribution >= 0.6 is 0 Å². The summed E-state index contributed by atoms with van der Waals surface area (Å²) in [6.45, 7) is -3.07. The van der Waals surface area contributed by atoms with Crippen LogP contribution in [0.1, 0.15) is 5.56 Å². The molecular weight excluding hydrogens is 233 g/mol.